The molecule has 1 aromatic carbocycles. The molecule has 31 heavy (non-hydrogen) atoms. The summed E-state index contributed by atoms with van der Waals surface area (Å²) in [6, 6.07) is 12.1. The standard InChI is InChI=1S/C24H31N3O3S/c1-30-20-10-8-18(9-11-20)21(26-12-2-3-13-26)16-25-23(28)19-6-4-14-27(17-19)24(29)22-7-5-15-31-22/h5,7-11,15,19,21H,2-4,6,12-14,16-17H2,1H3,(H,25,28). The van der Waals surface area contributed by atoms with Gasteiger partial charge in [-0.1, -0.05) is 18.2 Å². The van der Waals surface area contributed by atoms with Crippen LogP contribution in [-0.4, -0.2) is 61.4 Å². The zero-order valence-corrected chi connectivity index (χ0v) is 18.9. The highest BCUT2D eigenvalue weighted by molar-refractivity contribution is 7.12. The summed E-state index contributed by atoms with van der Waals surface area (Å²) in [6.07, 6.45) is 4.09. The maximum absolute atomic E-state index is 13.0. The van der Waals surface area contributed by atoms with E-state index in [1.807, 2.05) is 34.5 Å². The van der Waals surface area contributed by atoms with Gasteiger partial charge in [-0.2, -0.15) is 0 Å². The van der Waals surface area contributed by atoms with E-state index in [2.05, 4.69) is 22.3 Å². The molecule has 7 heteroatoms. The van der Waals surface area contributed by atoms with Gasteiger partial charge >= 0.3 is 0 Å². The van der Waals surface area contributed by atoms with Crippen LogP contribution in [0.3, 0.4) is 0 Å². The molecule has 4 rings (SSSR count). The van der Waals surface area contributed by atoms with E-state index in [1.54, 1.807) is 7.11 Å². The van der Waals surface area contributed by atoms with Gasteiger partial charge in [-0.3, -0.25) is 14.5 Å². The number of ether oxygens (including phenoxy) is 1. The van der Waals surface area contributed by atoms with Crippen LogP contribution < -0.4 is 10.1 Å². The van der Waals surface area contributed by atoms with Crippen LogP contribution in [0, 0.1) is 5.92 Å². The third-order valence-electron chi connectivity index (χ3n) is 6.36. The summed E-state index contributed by atoms with van der Waals surface area (Å²) in [6.45, 7) is 3.92. The summed E-state index contributed by atoms with van der Waals surface area (Å²) in [5, 5.41) is 5.12. The van der Waals surface area contributed by atoms with Crippen molar-refractivity contribution in [2.24, 2.45) is 5.92 Å². The fraction of sp³-hybridized carbons (Fsp3) is 0.500. The number of amides is 2. The van der Waals surface area contributed by atoms with Crippen molar-refractivity contribution in [2.45, 2.75) is 31.7 Å². The lowest BCUT2D eigenvalue weighted by Gasteiger charge is -2.33. The first-order valence-corrected chi connectivity index (χ1v) is 12.0. The van der Waals surface area contributed by atoms with Crippen molar-refractivity contribution in [3.05, 3.63) is 52.2 Å². The Bertz CT molecular complexity index is 863. The van der Waals surface area contributed by atoms with Gasteiger partial charge in [0.15, 0.2) is 0 Å². The lowest BCUT2D eigenvalue weighted by atomic mass is 9.96. The Kier molecular flexibility index (Phi) is 7.25. The number of benzene rings is 1. The third-order valence-corrected chi connectivity index (χ3v) is 7.22. The SMILES string of the molecule is COc1ccc(C(CNC(=O)C2CCCN(C(=O)c3cccs3)C2)N2CCCC2)cc1. The van der Waals surface area contributed by atoms with Gasteiger partial charge in [0.2, 0.25) is 5.91 Å². The number of carbonyl (C=O) groups excluding carboxylic acids is 2. The first kappa shape index (κ1) is 21.8. The van der Waals surface area contributed by atoms with Gasteiger partial charge in [0.1, 0.15) is 5.75 Å². The average molecular weight is 442 g/mol. The highest BCUT2D eigenvalue weighted by Crippen LogP contribution is 2.27. The Morgan fingerprint density at radius 1 is 1.13 bits per heavy atom. The fourth-order valence-electron chi connectivity index (χ4n) is 4.61. The van der Waals surface area contributed by atoms with Crippen molar-refractivity contribution in [1.29, 1.82) is 0 Å². The number of carbonyl (C=O) groups is 2. The van der Waals surface area contributed by atoms with E-state index in [0.717, 1.165) is 43.1 Å². The summed E-state index contributed by atoms with van der Waals surface area (Å²) in [4.78, 5) is 30.7. The number of piperidine rings is 1. The first-order valence-electron chi connectivity index (χ1n) is 11.1. The van der Waals surface area contributed by atoms with Crippen molar-refractivity contribution in [3.8, 4) is 5.75 Å². The van der Waals surface area contributed by atoms with E-state index in [9.17, 15) is 9.59 Å². The molecule has 2 aliphatic heterocycles. The lowest BCUT2D eigenvalue weighted by Crippen LogP contribution is -2.46. The Morgan fingerprint density at radius 3 is 2.58 bits per heavy atom. The zero-order chi connectivity index (χ0) is 21.6. The first-order chi connectivity index (χ1) is 15.2. The second-order valence-corrected chi connectivity index (χ2v) is 9.29. The summed E-state index contributed by atoms with van der Waals surface area (Å²) in [5.41, 5.74) is 1.20. The molecule has 2 atom stereocenters. The summed E-state index contributed by atoms with van der Waals surface area (Å²) < 4.78 is 5.29. The van der Waals surface area contributed by atoms with Crippen LogP contribution in [0.15, 0.2) is 41.8 Å². The van der Waals surface area contributed by atoms with Gasteiger partial charge in [0.05, 0.1) is 23.9 Å². The summed E-state index contributed by atoms with van der Waals surface area (Å²) in [7, 11) is 1.67. The topological polar surface area (TPSA) is 61.9 Å². The van der Waals surface area contributed by atoms with Crippen LogP contribution in [0.1, 0.15) is 47.0 Å². The Hall–Kier alpha value is -2.38. The maximum atomic E-state index is 13.0. The van der Waals surface area contributed by atoms with Gasteiger partial charge in [0.25, 0.3) is 5.91 Å². The molecule has 0 aliphatic carbocycles. The zero-order valence-electron chi connectivity index (χ0n) is 18.1. The molecule has 3 heterocycles. The molecule has 2 aliphatic rings. The predicted molar refractivity (Wildman–Crippen MR) is 122 cm³/mol. The molecule has 2 fully saturated rings. The average Bonchev–Trinajstić information content (AvgIpc) is 3.54. The van der Waals surface area contributed by atoms with Gasteiger partial charge in [-0.25, -0.2) is 0 Å². The molecule has 2 unspecified atom stereocenters. The van der Waals surface area contributed by atoms with Crippen molar-refractivity contribution in [1.82, 2.24) is 15.1 Å². The smallest absolute Gasteiger partial charge is 0.263 e. The summed E-state index contributed by atoms with van der Waals surface area (Å²) >= 11 is 1.46. The number of hydrogen-bond acceptors (Lipinski definition) is 5. The van der Waals surface area contributed by atoms with E-state index in [0.29, 0.717) is 13.1 Å². The minimum atomic E-state index is -0.146. The van der Waals surface area contributed by atoms with E-state index in [4.69, 9.17) is 4.74 Å². The lowest BCUT2D eigenvalue weighted by molar-refractivity contribution is -0.126. The van der Waals surface area contributed by atoms with Gasteiger partial charge in [0, 0.05) is 19.6 Å². The molecule has 2 saturated heterocycles. The van der Waals surface area contributed by atoms with Gasteiger partial charge < -0.3 is 15.0 Å². The molecule has 1 aromatic heterocycles. The molecule has 0 bridgehead atoms. The van der Waals surface area contributed by atoms with Crippen molar-refractivity contribution >= 4 is 23.2 Å². The number of nitrogens with zero attached hydrogens (tertiary/aromatic N) is 2. The van der Waals surface area contributed by atoms with E-state index >= 15 is 0 Å². The molecule has 166 valence electrons. The van der Waals surface area contributed by atoms with Crippen LogP contribution in [0.2, 0.25) is 0 Å². The van der Waals surface area contributed by atoms with E-state index < -0.39 is 0 Å². The van der Waals surface area contributed by atoms with Crippen LogP contribution in [0.5, 0.6) is 5.75 Å². The number of hydrogen-bond donors (Lipinski definition) is 1. The largest absolute Gasteiger partial charge is 0.497 e. The third kappa shape index (κ3) is 5.28. The fourth-order valence-corrected chi connectivity index (χ4v) is 5.30. The number of methoxy groups -OCH3 is 1. The Morgan fingerprint density at radius 2 is 1.90 bits per heavy atom. The molecule has 2 amide bonds. The number of rotatable bonds is 7. The van der Waals surface area contributed by atoms with E-state index in [1.165, 1.54) is 29.7 Å². The minimum absolute atomic E-state index is 0.0423. The number of nitrogens with one attached hydrogen (secondary N) is 1. The summed E-state index contributed by atoms with van der Waals surface area (Å²) in [5.74, 6) is 0.792. The molecule has 0 radical (unpaired) electrons. The quantitative estimate of drug-likeness (QED) is 0.714. The van der Waals surface area contributed by atoms with Gasteiger partial charge in [-0.15, -0.1) is 11.3 Å². The molecule has 1 N–H and O–H groups in total. The highest BCUT2D eigenvalue weighted by atomic mass is 32.1. The van der Waals surface area contributed by atoms with Crippen LogP contribution in [0.4, 0.5) is 0 Å². The maximum Gasteiger partial charge on any atom is 0.263 e. The monoisotopic (exact) mass is 441 g/mol. The Labute approximate surface area is 188 Å². The number of likely N-dealkylation sites (tertiary alicyclic amines) is 2. The van der Waals surface area contributed by atoms with Gasteiger partial charge in [-0.05, 0) is 67.9 Å². The van der Waals surface area contributed by atoms with Crippen LogP contribution in [0.25, 0.3) is 0 Å². The van der Waals surface area contributed by atoms with E-state index in [-0.39, 0.29) is 23.8 Å². The van der Waals surface area contributed by atoms with Crippen molar-refractivity contribution in [3.63, 3.8) is 0 Å². The number of thiophene rings is 1. The predicted octanol–water partition coefficient (Wildman–Crippen LogP) is 3.56. The second-order valence-electron chi connectivity index (χ2n) is 8.34. The highest BCUT2D eigenvalue weighted by Gasteiger charge is 2.30. The molecule has 6 nitrogen and oxygen atoms in total. The second kappa shape index (κ2) is 10.3. The minimum Gasteiger partial charge on any atom is -0.497 e. The molecular weight excluding hydrogens is 410 g/mol. The van der Waals surface area contributed by atoms with Crippen molar-refractivity contribution < 1.29 is 14.3 Å². The normalized spacial score (nSPS) is 20.4. The Balaban J connectivity index is 1.38. The molecule has 0 spiro atoms. The molecular formula is C24H31N3O3S. The van der Waals surface area contributed by atoms with Crippen molar-refractivity contribution in [2.75, 3.05) is 39.8 Å². The molecule has 2 aromatic rings. The van der Waals surface area contributed by atoms with Crippen LogP contribution >= 0.6 is 11.3 Å². The van der Waals surface area contributed by atoms with Crippen LogP contribution in [-0.2, 0) is 4.79 Å². The molecule has 0 saturated carbocycles.